The molecule has 2 aromatic rings. The van der Waals surface area contributed by atoms with Crippen LogP contribution in [0.15, 0.2) is 16.6 Å². The van der Waals surface area contributed by atoms with Crippen molar-refractivity contribution in [2.45, 2.75) is 32.1 Å². The molecule has 0 fully saturated rings. The maximum atomic E-state index is 6.33. The van der Waals surface area contributed by atoms with Gasteiger partial charge < -0.3 is 5.32 Å². The molecular weight excluding hydrogens is 324 g/mol. The molecule has 0 aliphatic heterocycles. The van der Waals surface area contributed by atoms with Crippen molar-refractivity contribution in [3.8, 4) is 0 Å². The number of aryl methyl sites for hydroxylation is 1. The summed E-state index contributed by atoms with van der Waals surface area (Å²) in [4.78, 5) is 4.84. The molecule has 0 radical (unpaired) electrons. The third-order valence-corrected chi connectivity index (χ3v) is 4.78. The summed E-state index contributed by atoms with van der Waals surface area (Å²) in [5.74, 6) is 0. The highest BCUT2D eigenvalue weighted by atomic mass is 79.9. The zero-order valence-electron chi connectivity index (χ0n) is 10.9. The number of halogens is 2. The number of nitrogens with zero attached hydrogens (tertiary/aromatic N) is 1. The summed E-state index contributed by atoms with van der Waals surface area (Å²) in [6.45, 7) is 0. The monoisotopic (exact) mass is 338 g/mol. The number of hydrogen-bond acceptors (Lipinski definition) is 2. The van der Waals surface area contributed by atoms with Gasteiger partial charge in [0, 0.05) is 28.3 Å². The van der Waals surface area contributed by atoms with E-state index in [1.807, 2.05) is 19.2 Å². The second kappa shape index (κ2) is 5.29. The third kappa shape index (κ3) is 2.23. The Morgan fingerprint density at radius 3 is 2.79 bits per heavy atom. The highest BCUT2D eigenvalue weighted by Crippen LogP contribution is 2.38. The van der Waals surface area contributed by atoms with Gasteiger partial charge in [-0.25, -0.2) is 0 Å². The van der Waals surface area contributed by atoms with E-state index in [2.05, 4.69) is 21.2 Å². The molecule has 4 heteroatoms. The Kier molecular flexibility index (Phi) is 3.68. The molecule has 0 saturated heterocycles. The molecule has 3 rings (SSSR count). The first kappa shape index (κ1) is 13.2. The van der Waals surface area contributed by atoms with Crippen LogP contribution in [-0.4, -0.2) is 12.0 Å². The summed E-state index contributed by atoms with van der Waals surface area (Å²) in [5.41, 5.74) is 4.68. The Balaban J connectivity index is 2.39. The highest BCUT2D eigenvalue weighted by Gasteiger charge is 2.19. The van der Waals surface area contributed by atoms with Crippen molar-refractivity contribution in [2.24, 2.45) is 0 Å². The summed E-state index contributed by atoms with van der Waals surface area (Å²) in [7, 11) is 1.98. The van der Waals surface area contributed by atoms with Crippen LogP contribution >= 0.6 is 27.5 Å². The fourth-order valence-corrected chi connectivity index (χ4v) is 3.63. The third-order valence-electron chi connectivity index (χ3n) is 3.82. The average Bonchev–Trinajstić information content (AvgIpc) is 2.66. The molecule has 100 valence electrons. The SMILES string of the molecule is CNc1c2c(nc3c(Cl)ccc(Br)c13)CCCCC2. The maximum Gasteiger partial charge on any atom is 0.0923 e. The van der Waals surface area contributed by atoms with Gasteiger partial charge in [0.15, 0.2) is 0 Å². The van der Waals surface area contributed by atoms with Crippen LogP contribution in [0.2, 0.25) is 5.02 Å². The molecule has 1 aromatic carbocycles. The minimum atomic E-state index is 0.724. The number of fused-ring (bicyclic) bond motifs is 2. The van der Waals surface area contributed by atoms with Crippen molar-refractivity contribution < 1.29 is 0 Å². The first-order valence-electron chi connectivity index (χ1n) is 6.69. The number of rotatable bonds is 1. The van der Waals surface area contributed by atoms with Crippen molar-refractivity contribution in [3.63, 3.8) is 0 Å². The molecule has 1 aliphatic rings. The smallest absolute Gasteiger partial charge is 0.0923 e. The minimum absolute atomic E-state index is 0.724. The van der Waals surface area contributed by atoms with Crippen molar-refractivity contribution in [3.05, 3.63) is 32.9 Å². The molecule has 2 nitrogen and oxygen atoms in total. The van der Waals surface area contributed by atoms with E-state index in [0.29, 0.717) is 0 Å². The van der Waals surface area contributed by atoms with Gasteiger partial charge in [0.05, 0.1) is 10.5 Å². The summed E-state index contributed by atoms with van der Waals surface area (Å²) in [5, 5.41) is 5.20. The van der Waals surface area contributed by atoms with Gasteiger partial charge >= 0.3 is 0 Å². The summed E-state index contributed by atoms with van der Waals surface area (Å²) in [6, 6.07) is 3.90. The van der Waals surface area contributed by atoms with Crippen LogP contribution in [0.1, 0.15) is 30.5 Å². The molecule has 0 bridgehead atoms. The average molecular weight is 340 g/mol. The van der Waals surface area contributed by atoms with E-state index in [0.717, 1.165) is 33.2 Å². The zero-order chi connectivity index (χ0) is 13.4. The number of nitrogens with one attached hydrogen (secondary N) is 1. The van der Waals surface area contributed by atoms with Gasteiger partial charge in [-0.05, 0) is 43.4 Å². The standard InChI is InChI=1S/C15H16BrClN2/c1-18-14-9-5-3-2-4-6-12(9)19-15-11(17)8-7-10(16)13(14)15/h7-8H,2-6H2,1H3,(H,18,19). The molecule has 1 heterocycles. The number of pyridine rings is 1. The Morgan fingerprint density at radius 1 is 1.21 bits per heavy atom. The van der Waals surface area contributed by atoms with Gasteiger partial charge in [0.2, 0.25) is 0 Å². The molecule has 0 amide bonds. The van der Waals surface area contributed by atoms with Crippen LogP contribution in [0.4, 0.5) is 5.69 Å². The van der Waals surface area contributed by atoms with Crippen LogP contribution in [0.25, 0.3) is 10.9 Å². The summed E-state index contributed by atoms with van der Waals surface area (Å²) in [6.07, 6.45) is 5.91. The van der Waals surface area contributed by atoms with Gasteiger partial charge in [-0.15, -0.1) is 0 Å². The van der Waals surface area contributed by atoms with E-state index in [-0.39, 0.29) is 0 Å². The summed E-state index contributed by atoms with van der Waals surface area (Å²) >= 11 is 9.96. The first-order chi connectivity index (χ1) is 9.22. The number of benzene rings is 1. The van der Waals surface area contributed by atoms with Gasteiger partial charge in [-0.3, -0.25) is 4.98 Å². The Hall–Kier alpha value is -0.800. The number of aromatic nitrogens is 1. The lowest BCUT2D eigenvalue weighted by Crippen LogP contribution is -2.04. The van der Waals surface area contributed by atoms with Crippen molar-refractivity contribution >= 4 is 44.1 Å². The Morgan fingerprint density at radius 2 is 2.00 bits per heavy atom. The lowest BCUT2D eigenvalue weighted by Gasteiger charge is -2.16. The Bertz CT molecular complexity index is 640. The lowest BCUT2D eigenvalue weighted by molar-refractivity contribution is 0.709. The molecule has 1 N–H and O–H groups in total. The van der Waals surface area contributed by atoms with Gasteiger partial charge in [0.25, 0.3) is 0 Å². The second-order valence-electron chi connectivity index (χ2n) is 4.98. The van der Waals surface area contributed by atoms with E-state index in [9.17, 15) is 0 Å². The molecule has 0 unspecified atom stereocenters. The number of hydrogen-bond donors (Lipinski definition) is 1. The molecule has 1 aliphatic carbocycles. The quantitative estimate of drug-likeness (QED) is 0.743. The topological polar surface area (TPSA) is 24.9 Å². The van der Waals surface area contributed by atoms with E-state index in [4.69, 9.17) is 16.6 Å². The van der Waals surface area contributed by atoms with E-state index >= 15 is 0 Å². The fourth-order valence-electron chi connectivity index (χ4n) is 2.91. The molecule has 0 atom stereocenters. The summed E-state index contributed by atoms with van der Waals surface area (Å²) < 4.78 is 1.05. The normalized spacial score (nSPS) is 15.1. The van der Waals surface area contributed by atoms with Crippen LogP contribution in [0, 0.1) is 0 Å². The fraction of sp³-hybridized carbons (Fsp3) is 0.400. The molecule has 0 spiro atoms. The van der Waals surface area contributed by atoms with Gasteiger partial charge in [-0.1, -0.05) is 34.0 Å². The molecule has 19 heavy (non-hydrogen) atoms. The maximum absolute atomic E-state index is 6.33. The second-order valence-corrected chi connectivity index (χ2v) is 6.24. The molecule has 0 saturated carbocycles. The van der Waals surface area contributed by atoms with Crippen molar-refractivity contribution in [2.75, 3.05) is 12.4 Å². The zero-order valence-corrected chi connectivity index (χ0v) is 13.2. The van der Waals surface area contributed by atoms with Crippen LogP contribution < -0.4 is 5.32 Å². The number of anilines is 1. The first-order valence-corrected chi connectivity index (χ1v) is 7.86. The van der Waals surface area contributed by atoms with Crippen molar-refractivity contribution in [1.29, 1.82) is 0 Å². The van der Waals surface area contributed by atoms with E-state index in [1.165, 1.54) is 36.2 Å². The van der Waals surface area contributed by atoms with Crippen molar-refractivity contribution in [1.82, 2.24) is 4.98 Å². The van der Waals surface area contributed by atoms with Crippen LogP contribution in [0.5, 0.6) is 0 Å². The highest BCUT2D eigenvalue weighted by molar-refractivity contribution is 9.10. The van der Waals surface area contributed by atoms with Gasteiger partial charge in [-0.2, -0.15) is 0 Å². The van der Waals surface area contributed by atoms with E-state index in [1.54, 1.807) is 0 Å². The molecular formula is C15H16BrClN2. The minimum Gasteiger partial charge on any atom is -0.387 e. The largest absolute Gasteiger partial charge is 0.387 e. The Labute approximate surface area is 126 Å². The van der Waals surface area contributed by atoms with E-state index < -0.39 is 0 Å². The molecule has 1 aromatic heterocycles. The predicted molar refractivity (Wildman–Crippen MR) is 85.3 cm³/mol. The van der Waals surface area contributed by atoms with Crippen LogP contribution in [0.3, 0.4) is 0 Å². The predicted octanol–water partition coefficient (Wildman–Crippen LogP) is 4.96. The van der Waals surface area contributed by atoms with Gasteiger partial charge in [0.1, 0.15) is 0 Å². The van der Waals surface area contributed by atoms with Crippen LogP contribution in [-0.2, 0) is 12.8 Å². The lowest BCUT2D eigenvalue weighted by atomic mass is 10.0.